The first-order chi connectivity index (χ1) is 7.72. The largest absolute Gasteiger partial charge is 0.496 e. The molecule has 0 amide bonds. The Bertz CT molecular complexity index is 367. The van der Waals surface area contributed by atoms with Crippen LogP contribution in [0.4, 0.5) is 5.69 Å². The molecule has 1 N–H and O–H groups in total. The summed E-state index contributed by atoms with van der Waals surface area (Å²) >= 11 is 0. The molecular weight excluding hydrogens is 198 g/mol. The van der Waals surface area contributed by atoms with Crippen molar-refractivity contribution in [1.82, 2.24) is 0 Å². The predicted molar refractivity (Wildman–Crippen MR) is 68.3 cm³/mol. The third-order valence-electron chi connectivity index (χ3n) is 3.52. The minimum atomic E-state index is 0.658. The summed E-state index contributed by atoms with van der Waals surface area (Å²) in [6, 6.07) is 4.96. The second-order valence-electron chi connectivity index (χ2n) is 4.71. The molecule has 2 rings (SSSR count). The van der Waals surface area contributed by atoms with Crippen LogP contribution >= 0.6 is 0 Å². The molecular formula is C14H21NO. The van der Waals surface area contributed by atoms with Gasteiger partial charge in [0.2, 0.25) is 0 Å². The monoisotopic (exact) mass is 219 g/mol. The Balaban J connectivity index is 2.20. The lowest BCUT2D eigenvalue weighted by Crippen LogP contribution is -2.15. The fourth-order valence-corrected chi connectivity index (χ4v) is 2.59. The Morgan fingerprint density at radius 3 is 2.50 bits per heavy atom. The Hall–Kier alpha value is -1.18. The Labute approximate surface area is 98.0 Å². The van der Waals surface area contributed by atoms with Crippen molar-refractivity contribution >= 4 is 5.69 Å². The van der Waals surface area contributed by atoms with Gasteiger partial charge in [0.15, 0.2) is 0 Å². The van der Waals surface area contributed by atoms with Crippen molar-refractivity contribution in [2.24, 2.45) is 0 Å². The van der Waals surface area contributed by atoms with Crippen LogP contribution in [-0.4, -0.2) is 13.2 Å². The van der Waals surface area contributed by atoms with Crippen LogP contribution in [0.2, 0.25) is 0 Å². The van der Waals surface area contributed by atoms with E-state index in [2.05, 4.69) is 31.3 Å². The molecule has 0 aromatic heterocycles. The van der Waals surface area contributed by atoms with E-state index in [9.17, 15) is 0 Å². The quantitative estimate of drug-likeness (QED) is 0.837. The highest BCUT2D eigenvalue weighted by Gasteiger charge is 2.16. The van der Waals surface area contributed by atoms with E-state index in [1.807, 2.05) is 0 Å². The SMILES string of the molecule is COc1c(C)ccc(NC2CCCC2)c1C. The first kappa shape index (κ1) is 11.3. The van der Waals surface area contributed by atoms with E-state index < -0.39 is 0 Å². The molecule has 1 aliphatic rings. The van der Waals surface area contributed by atoms with Gasteiger partial charge in [-0.1, -0.05) is 18.9 Å². The number of aryl methyl sites for hydroxylation is 1. The summed E-state index contributed by atoms with van der Waals surface area (Å²) in [5, 5.41) is 3.63. The molecule has 88 valence electrons. The molecule has 2 heteroatoms. The van der Waals surface area contributed by atoms with Gasteiger partial charge >= 0.3 is 0 Å². The maximum atomic E-state index is 5.44. The van der Waals surface area contributed by atoms with E-state index in [1.165, 1.54) is 42.5 Å². The molecule has 1 aromatic rings. The molecule has 0 radical (unpaired) electrons. The molecule has 0 aliphatic heterocycles. The van der Waals surface area contributed by atoms with Gasteiger partial charge in [0.05, 0.1) is 7.11 Å². The average Bonchev–Trinajstić information content (AvgIpc) is 2.76. The van der Waals surface area contributed by atoms with Gasteiger partial charge in [-0.15, -0.1) is 0 Å². The second kappa shape index (κ2) is 4.77. The number of methoxy groups -OCH3 is 1. The zero-order valence-corrected chi connectivity index (χ0v) is 10.5. The number of anilines is 1. The molecule has 0 spiro atoms. The van der Waals surface area contributed by atoms with E-state index in [0.717, 1.165) is 5.75 Å². The van der Waals surface area contributed by atoms with E-state index >= 15 is 0 Å². The Morgan fingerprint density at radius 1 is 1.19 bits per heavy atom. The summed E-state index contributed by atoms with van der Waals surface area (Å²) in [5.74, 6) is 1.02. The van der Waals surface area contributed by atoms with Crippen molar-refractivity contribution in [3.05, 3.63) is 23.3 Å². The van der Waals surface area contributed by atoms with Crippen molar-refractivity contribution in [2.75, 3.05) is 12.4 Å². The summed E-state index contributed by atoms with van der Waals surface area (Å²) in [6.07, 6.45) is 5.32. The number of hydrogen-bond donors (Lipinski definition) is 1. The topological polar surface area (TPSA) is 21.3 Å². The lowest BCUT2D eigenvalue weighted by atomic mass is 10.1. The molecule has 1 aromatic carbocycles. The molecule has 0 atom stereocenters. The van der Waals surface area contributed by atoms with Gasteiger partial charge in [-0.05, 0) is 38.3 Å². The van der Waals surface area contributed by atoms with Gasteiger partial charge in [0.25, 0.3) is 0 Å². The number of hydrogen-bond acceptors (Lipinski definition) is 2. The molecule has 1 fully saturated rings. The van der Waals surface area contributed by atoms with Gasteiger partial charge < -0.3 is 10.1 Å². The van der Waals surface area contributed by atoms with Crippen molar-refractivity contribution in [1.29, 1.82) is 0 Å². The van der Waals surface area contributed by atoms with Crippen LogP contribution in [-0.2, 0) is 0 Å². The number of ether oxygens (including phenoxy) is 1. The van der Waals surface area contributed by atoms with Crippen LogP contribution in [0.15, 0.2) is 12.1 Å². The Kier molecular flexibility index (Phi) is 3.37. The molecule has 0 bridgehead atoms. The van der Waals surface area contributed by atoms with Crippen LogP contribution < -0.4 is 10.1 Å². The average molecular weight is 219 g/mol. The fourth-order valence-electron chi connectivity index (χ4n) is 2.59. The number of benzene rings is 1. The summed E-state index contributed by atoms with van der Waals surface area (Å²) in [7, 11) is 1.74. The summed E-state index contributed by atoms with van der Waals surface area (Å²) in [6.45, 7) is 4.22. The molecule has 0 unspecified atom stereocenters. The molecule has 1 aliphatic carbocycles. The summed E-state index contributed by atoms with van der Waals surface area (Å²) < 4.78 is 5.44. The van der Waals surface area contributed by atoms with Gasteiger partial charge in [0.1, 0.15) is 5.75 Å². The predicted octanol–water partition coefficient (Wildman–Crippen LogP) is 3.67. The zero-order valence-electron chi connectivity index (χ0n) is 10.5. The zero-order chi connectivity index (χ0) is 11.5. The molecule has 2 nitrogen and oxygen atoms in total. The summed E-state index contributed by atoms with van der Waals surface area (Å²) in [5.41, 5.74) is 3.67. The first-order valence-corrected chi connectivity index (χ1v) is 6.13. The van der Waals surface area contributed by atoms with E-state index in [1.54, 1.807) is 7.11 Å². The van der Waals surface area contributed by atoms with E-state index in [0.29, 0.717) is 6.04 Å². The normalized spacial score (nSPS) is 16.4. The highest BCUT2D eigenvalue weighted by atomic mass is 16.5. The number of rotatable bonds is 3. The third-order valence-corrected chi connectivity index (χ3v) is 3.52. The second-order valence-corrected chi connectivity index (χ2v) is 4.71. The third kappa shape index (κ3) is 2.16. The van der Waals surface area contributed by atoms with Crippen molar-refractivity contribution in [2.45, 2.75) is 45.6 Å². The van der Waals surface area contributed by atoms with E-state index in [-0.39, 0.29) is 0 Å². The first-order valence-electron chi connectivity index (χ1n) is 6.13. The van der Waals surface area contributed by atoms with Crippen molar-refractivity contribution in [3.8, 4) is 5.75 Å². The minimum absolute atomic E-state index is 0.658. The highest BCUT2D eigenvalue weighted by Crippen LogP contribution is 2.31. The molecule has 0 saturated heterocycles. The number of nitrogens with one attached hydrogen (secondary N) is 1. The van der Waals surface area contributed by atoms with Gasteiger partial charge in [-0.2, -0.15) is 0 Å². The van der Waals surface area contributed by atoms with Crippen LogP contribution in [0.25, 0.3) is 0 Å². The van der Waals surface area contributed by atoms with Crippen LogP contribution in [0.5, 0.6) is 5.75 Å². The fraction of sp³-hybridized carbons (Fsp3) is 0.571. The van der Waals surface area contributed by atoms with E-state index in [4.69, 9.17) is 4.74 Å². The van der Waals surface area contributed by atoms with Crippen LogP contribution in [0, 0.1) is 13.8 Å². The minimum Gasteiger partial charge on any atom is -0.496 e. The summed E-state index contributed by atoms with van der Waals surface area (Å²) in [4.78, 5) is 0. The maximum absolute atomic E-state index is 5.44. The standard InChI is InChI=1S/C14H21NO/c1-10-8-9-13(11(2)14(10)16-3)15-12-6-4-5-7-12/h8-9,12,15H,4-7H2,1-3H3. The Morgan fingerprint density at radius 2 is 1.88 bits per heavy atom. The lowest BCUT2D eigenvalue weighted by molar-refractivity contribution is 0.409. The molecule has 1 saturated carbocycles. The van der Waals surface area contributed by atoms with Crippen molar-refractivity contribution in [3.63, 3.8) is 0 Å². The van der Waals surface area contributed by atoms with Crippen molar-refractivity contribution < 1.29 is 4.74 Å². The van der Waals surface area contributed by atoms with Crippen LogP contribution in [0.1, 0.15) is 36.8 Å². The molecule has 0 heterocycles. The van der Waals surface area contributed by atoms with Crippen LogP contribution in [0.3, 0.4) is 0 Å². The molecule has 16 heavy (non-hydrogen) atoms. The van der Waals surface area contributed by atoms with Gasteiger partial charge in [0, 0.05) is 17.3 Å². The van der Waals surface area contributed by atoms with Gasteiger partial charge in [-0.3, -0.25) is 0 Å². The highest BCUT2D eigenvalue weighted by molar-refractivity contribution is 5.60. The lowest BCUT2D eigenvalue weighted by Gasteiger charge is -2.18. The maximum Gasteiger partial charge on any atom is 0.126 e. The van der Waals surface area contributed by atoms with Gasteiger partial charge in [-0.25, -0.2) is 0 Å². The smallest absolute Gasteiger partial charge is 0.126 e.